The van der Waals surface area contributed by atoms with Crippen LogP contribution in [0.1, 0.15) is 18.0 Å². The van der Waals surface area contributed by atoms with Crippen molar-refractivity contribution < 1.29 is 8.42 Å². The van der Waals surface area contributed by atoms with Crippen molar-refractivity contribution in [2.45, 2.75) is 17.9 Å². The fourth-order valence-electron chi connectivity index (χ4n) is 2.27. The van der Waals surface area contributed by atoms with Gasteiger partial charge in [0.1, 0.15) is 9.90 Å². The zero-order valence-electron chi connectivity index (χ0n) is 12.9. The second-order valence-electron chi connectivity index (χ2n) is 5.27. The second-order valence-corrected chi connectivity index (χ2v) is 9.08. The summed E-state index contributed by atoms with van der Waals surface area (Å²) in [5.41, 5.74) is 0.857. The van der Waals surface area contributed by atoms with E-state index in [0.717, 1.165) is 15.2 Å². The number of halogens is 2. The maximum atomic E-state index is 12.9. The number of aromatic nitrogens is 1. The molecule has 0 aliphatic carbocycles. The lowest BCUT2D eigenvalue weighted by Crippen LogP contribution is -2.30. The monoisotopic (exact) mass is 400 g/mol. The lowest BCUT2D eigenvalue weighted by atomic mass is 10.3. The highest BCUT2D eigenvalue weighted by Crippen LogP contribution is 2.35. The minimum Gasteiger partial charge on any atom is -0.239 e. The number of para-hydroxylation sites is 1. The van der Waals surface area contributed by atoms with Gasteiger partial charge in [-0.2, -0.15) is 4.31 Å². The fourth-order valence-corrected chi connectivity index (χ4v) is 5.46. The van der Waals surface area contributed by atoms with Gasteiger partial charge in [-0.15, -0.1) is 11.3 Å². The van der Waals surface area contributed by atoms with E-state index < -0.39 is 16.1 Å². The molecule has 0 unspecified atom stereocenters. The molecule has 0 N–H and O–H groups in total. The largest absolute Gasteiger partial charge is 0.244 e. The van der Waals surface area contributed by atoms with Crippen LogP contribution in [-0.2, 0) is 10.0 Å². The Kier molecular flexibility index (Phi) is 4.86. The quantitative estimate of drug-likeness (QED) is 0.619. The van der Waals surface area contributed by atoms with Crippen LogP contribution >= 0.6 is 34.5 Å². The van der Waals surface area contributed by atoms with E-state index in [-0.39, 0.29) is 14.9 Å². The summed E-state index contributed by atoms with van der Waals surface area (Å²) in [4.78, 5) is 4.53. The molecule has 2 aromatic carbocycles. The van der Waals surface area contributed by atoms with E-state index in [0.29, 0.717) is 0 Å². The maximum absolute atomic E-state index is 12.9. The number of nitrogens with zero attached hydrogens (tertiary/aromatic N) is 2. The average molecular weight is 401 g/mol. The molecule has 0 aliphatic rings. The zero-order chi connectivity index (χ0) is 17.5. The highest BCUT2D eigenvalue weighted by atomic mass is 35.5. The van der Waals surface area contributed by atoms with Crippen molar-refractivity contribution in [1.82, 2.24) is 9.29 Å². The molecular weight excluding hydrogens is 387 g/mol. The minimum absolute atomic E-state index is 0.00729. The van der Waals surface area contributed by atoms with Gasteiger partial charge in [0, 0.05) is 7.05 Å². The van der Waals surface area contributed by atoms with Gasteiger partial charge in [-0.05, 0) is 31.2 Å². The van der Waals surface area contributed by atoms with Gasteiger partial charge in [0.25, 0.3) is 0 Å². The lowest BCUT2D eigenvalue weighted by molar-refractivity contribution is 0.398. The molecule has 0 aliphatic heterocycles. The van der Waals surface area contributed by atoms with Gasteiger partial charge in [-0.25, -0.2) is 13.4 Å². The molecule has 0 radical (unpaired) electrons. The normalized spacial score (nSPS) is 13.5. The molecule has 8 heteroatoms. The predicted molar refractivity (Wildman–Crippen MR) is 99.4 cm³/mol. The van der Waals surface area contributed by atoms with Crippen molar-refractivity contribution in [1.29, 1.82) is 0 Å². The van der Waals surface area contributed by atoms with Crippen molar-refractivity contribution >= 4 is 54.8 Å². The van der Waals surface area contributed by atoms with E-state index in [4.69, 9.17) is 23.2 Å². The SMILES string of the molecule is C[C@@H](c1nc2ccccc2s1)N(C)S(=O)(=O)c1cccc(Cl)c1Cl. The molecule has 0 saturated heterocycles. The van der Waals surface area contributed by atoms with Crippen LogP contribution in [0.5, 0.6) is 0 Å². The number of hydrogen-bond donors (Lipinski definition) is 0. The van der Waals surface area contributed by atoms with Gasteiger partial charge in [0.2, 0.25) is 10.0 Å². The Hall–Kier alpha value is -1.18. The van der Waals surface area contributed by atoms with Crippen LogP contribution in [0.3, 0.4) is 0 Å². The molecule has 0 amide bonds. The smallest absolute Gasteiger partial charge is 0.239 e. The van der Waals surface area contributed by atoms with Crippen LogP contribution in [0.2, 0.25) is 10.0 Å². The summed E-state index contributed by atoms with van der Waals surface area (Å²) >= 11 is 13.5. The fraction of sp³-hybridized carbons (Fsp3) is 0.188. The number of fused-ring (bicyclic) bond motifs is 1. The number of sulfonamides is 1. The molecule has 126 valence electrons. The predicted octanol–water partition coefficient (Wildman–Crippen LogP) is 4.98. The lowest BCUT2D eigenvalue weighted by Gasteiger charge is -2.23. The molecule has 3 aromatic rings. The van der Waals surface area contributed by atoms with Gasteiger partial charge >= 0.3 is 0 Å². The molecule has 1 heterocycles. The summed E-state index contributed by atoms with van der Waals surface area (Å²) < 4.78 is 28.1. The molecule has 1 aromatic heterocycles. The number of benzene rings is 2. The van der Waals surface area contributed by atoms with Crippen molar-refractivity contribution in [2.24, 2.45) is 0 Å². The van der Waals surface area contributed by atoms with E-state index in [9.17, 15) is 8.42 Å². The molecule has 3 rings (SSSR count). The van der Waals surface area contributed by atoms with Crippen LogP contribution in [0.4, 0.5) is 0 Å². The second kappa shape index (κ2) is 6.61. The Morgan fingerprint density at radius 3 is 2.54 bits per heavy atom. The number of rotatable bonds is 4. The standard InChI is InChI=1S/C16H14Cl2N2O2S2/c1-10(16-19-12-7-3-4-8-13(12)23-16)20(2)24(21,22)14-9-5-6-11(17)15(14)18/h3-10H,1-2H3/t10-/m0/s1. The van der Waals surface area contributed by atoms with E-state index in [1.54, 1.807) is 19.1 Å². The van der Waals surface area contributed by atoms with Crippen LogP contribution in [0.15, 0.2) is 47.4 Å². The first-order valence-electron chi connectivity index (χ1n) is 7.10. The molecular formula is C16H14Cl2N2O2S2. The van der Waals surface area contributed by atoms with Gasteiger partial charge in [0.15, 0.2) is 0 Å². The van der Waals surface area contributed by atoms with Gasteiger partial charge < -0.3 is 0 Å². The summed E-state index contributed by atoms with van der Waals surface area (Å²) in [6, 6.07) is 11.9. The molecule has 4 nitrogen and oxygen atoms in total. The van der Waals surface area contributed by atoms with Crippen molar-refractivity contribution in [3.05, 3.63) is 57.5 Å². The van der Waals surface area contributed by atoms with E-state index >= 15 is 0 Å². The van der Waals surface area contributed by atoms with Gasteiger partial charge in [-0.1, -0.05) is 41.4 Å². The topological polar surface area (TPSA) is 50.3 Å². The highest BCUT2D eigenvalue weighted by molar-refractivity contribution is 7.89. The van der Waals surface area contributed by atoms with Crippen LogP contribution < -0.4 is 0 Å². The minimum atomic E-state index is -3.79. The Bertz CT molecular complexity index is 969. The third-order valence-corrected chi connectivity index (χ3v) is 7.89. The molecule has 0 fully saturated rings. The number of thiazole rings is 1. The van der Waals surface area contributed by atoms with E-state index in [1.165, 1.54) is 28.8 Å². The summed E-state index contributed by atoms with van der Waals surface area (Å²) in [5.74, 6) is 0. The van der Waals surface area contributed by atoms with Crippen LogP contribution in [0, 0.1) is 0 Å². The summed E-state index contributed by atoms with van der Waals surface area (Å²) in [5, 5.41) is 0.960. The summed E-state index contributed by atoms with van der Waals surface area (Å²) in [7, 11) is -2.28. The first kappa shape index (κ1) is 17.6. The maximum Gasteiger partial charge on any atom is 0.244 e. The number of hydrogen-bond acceptors (Lipinski definition) is 4. The van der Waals surface area contributed by atoms with Crippen LogP contribution in [0.25, 0.3) is 10.2 Å². The third kappa shape index (κ3) is 3.05. The first-order valence-corrected chi connectivity index (χ1v) is 10.1. The van der Waals surface area contributed by atoms with Crippen molar-refractivity contribution in [3.63, 3.8) is 0 Å². The highest BCUT2D eigenvalue weighted by Gasteiger charge is 2.30. The first-order chi connectivity index (χ1) is 11.3. The van der Waals surface area contributed by atoms with Crippen LogP contribution in [-0.4, -0.2) is 24.8 Å². The summed E-state index contributed by atoms with van der Waals surface area (Å²) in [6.45, 7) is 1.80. The Morgan fingerprint density at radius 2 is 1.83 bits per heavy atom. The molecule has 1 atom stereocenters. The molecule has 0 bridgehead atoms. The average Bonchev–Trinajstić information content (AvgIpc) is 2.99. The Morgan fingerprint density at radius 1 is 1.12 bits per heavy atom. The van der Waals surface area contributed by atoms with Gasteiger partial charge in [0.05, 0.1) is 26.3 Å². The molecule has 24 heavy (non-hydrogen) atoms. The molecule has 0 spiro atoms. The summed E-state index contributed by atoms with van der Waals surface area (Å²) in [6.07, 6.45) is 0. The van der Waals surface area contributed by atoms with Crippen molar-refractivity contribution in [3.8, 4) is 0 Å². The van der Waals surface area contributed by atoms with Crippen molar-refractivity contribution in [2.75, 3.05) is 7.05 Å². The third-order valence-electron chi connectivity index (χ3n) is 3.79. The molecule has 0 saturated carbocycles. The van der Waals surface area contributed by atoms with E-state index in [2.05, 4.69) is 4.98 Å². The van der Waals surface area contributed by atoms with Gasteiger partial charge in [-0.3, -0.25) is 0 Å². The zero-order valence-corrected chi connectivity index (χ0v) is 16.0. The van der Waals surface area contributed by atoms with E-state index in [1.807, 2.05) is 24.3 Å². The Labute approximate surface area is 154 Å². The Balaban J connectivity index is 2.00.